The Morgan fingerprint density at radius 1 is 1.79 bits per heavy atom. The smallest absolute Gasteiger partial charge is 0.336 e. The van der Waals surface area contributed by atoms with Crippen LogP contribution in [0.4, 0.5) is 0 Å². The number of carboxylic acid groups (broad SMARTS) is 1. The minimum absolute atomic E-state index is 0.105. The highest BCUT2D eigenvalue weighted by Crippen LogP contribution is 2.21. The van der Waals surface area contributed by atoms with E-state index in [9.17, 15) is 9.90 Å². The number of hydrogen-bond acceptors (Lipinski definition) is 4. The Morgan fingerprint density at radius 2 is 2.43 bits per heavy atom. The van der Waals surface area contributed by atoms with Crippen molar-refractivity contribution in [3.63, 3.8) is 0 Å². The molecular weight excluding hydrogens is 204 g/mol. The molecule has 1 unspecified atom stereocenters. The summed E-state index contributed by atoms with van der Waals surface area (Å²) in [6.07, 6.45) is 3.39. The van der Waals surface area contributed by atoms with E-state index in [-0.39, 0.29) is 5.75 Å². The first kappa shape index (κ1) is 11.1. The van der Waals surface area contributed by atoms with Crippen LogP contribution < -0.4 is 0 Å². The maximum absolute atomic E-state index is 10.6. The zero-order chi connectivity index (χ0) is 10.8. The highest BCUT2D eigenvalue weighted by molar-refractivity contribution is 7.99. The molecule has 5 nitrogen and oxygen atoms in total. The van der Waals surface area contributed by atoms with Crippen LogP contribution >= 0.6 is 11.8 Å². The lowest BCUT2D eigenvalue weighted by atomic mass is 10.1. The van der Waals surface area contributed by atoms with E-state index in [4.69, 9.17) is 5.11 Å². The number of hydrogen-bond donors (Lipinski definition) is 2. The summed E-state index contributed by atoms with van der Waals surface area (Å²) < 4.78 is 1.62. The molecule has 0 amide bonds. The fraction of sp³-hybridized carbons (Fsp3) is 0.500. The molecule has 0 aliphatic carbocycles. The van der Waals surface area contributed by atoms with Crippen molar-refractivity contribution in [2.45, 2.75) is 17.4 Å². The molecule has 0 spiro atoms. The summed E-state index contributed by atoms with van der Waals surface area (Å²) in [5.41, 5.74) is -1.69. The molecule has 0 saturated carbocycles. The fourth-order valence-electron chi connectivity index (χ4n) is 0.759. The van der Waals surface area contributed by atoms with Gasteiger partial charge in [0.25, 0.3) is 0 Å². The molecule has 78 valence electrons. The first-order valence-corrected chi connectivity index (χ1v) is 4.97. The van der Waals surface area contributed by atoms with Gasteiger partial charge in [0.05, 0.1) is 6.20 Å². The molecular formula is C8H12N2O3S. The third kappa shape index (κ3) is 2.74. The van der Waals surface area contributed by atoms with Crippen molar-refractivity contribution >= 4 is 17.7 Å². The molecule has 14 heavy (non-hydrogen) atoms. The van der Waals surface area contributed by atoms with Gasteiger partial charge in [-0.1, -0.05) is 0 Å². The molecule has 0 fully saturated rings. The average molecular weight is 216 g/mol. The monoisotopic (exact) mass is 216 g/mol. The Morgan fingerprint density at radius 3 is 2.86 bits per heavy atom. The van der Waals surface area contributed by atoms with Crippen molar-refractivity contribution in [3.8, 4) is 0 Å². The second kappa shape index (κ2) is 4.02. The lowest BCUT2D eigenvalue weighted by Crippen LogP contribution is -2.37. The largest absolute Gasteiger partial charge is 0.479 e. The van der Waals surface area contributed by atoms with Gasteiger partial charge in [-0.25, -0.2) is 4.79 Å². The number of aryl methyl sites for hydroxylation is 1. The summed E-state index contributed by atoms with van der Waals surface area (Å²) in [4.78, 5) is 11.4. The zero-order valence-electron chi connectivity index (χ0n) is 7.97. The van der Waals surface area contributed by atoms with Crippen LogP contribution in [0.5, 0.6) is 0 Å². The Labute approximate surface area is 85.7 Å². The van der Waals surface area contributed by atoms with Crippen LogP contribution in [-0.4, -0.2) is 37.3 Å². The predicted octanol–water partition coefficient (Wildman–Crippen LogP) is 0.348. The average Bonchev–Trinajstić information content (AvgIpc) is 2.48. The van der Waals surface area contributed by atoms with Gasteiger partial charge < -0.3 is 10.2 Å². The summed E-state index contributed by atoms with van der Waals surface area (Å²) >= 11 is 1.26. The third-order valence-corrected chi connectivity index (χ3v) is 2.91. The molecule has 1 aromatic rings. The van der Waals surface area contributed by atoms with Gasteiger partial charge in [-0.2, -0.15) is 5.10 Å². The lowest BCUT2D eigenvalue weighted by molar-refractivity contribution is -0.154. The molecule has 0 aliphatic heterocycles. The highest BCUT2D eigenvalue weighted by Gasteiger charge is 2.29. The van der Waals surface area contributed by atoms with Crippen molar-refractivity contribution < 1.29 is 15.0 Å². The molecule has 6 heteroatoms. The van der Waals surface area contributed by atoms with Crippen LogP contribution in [-0.2, 0) is 11.8 Å². The van der Waals surface area contributed by atoms with Gasteiger partial charge in [-0.05, 0) is 6.92 Å². The predicted molar refractivity (Wildman–Crippen MR) is 52.2 cm³/mol. The molecule has 1 atom stereocenters. The lowest BCUT2D eigenvalue weighted by Gasteiger charge is -2.16. The Bertz CT molecular complexity index is 335. The van der Waals surface area contributed by atoms with Crippen molar-refractivity contribution in [1.82, 2.24) is 9.78 Å². The molecule has 1 rings (SSSR count). The van der Waals surface area contributed by atoms with Gasteiger partial charge in [0.2, 0.25) is 0 Å². The van der Waals surface area contributed by atoms with Gasteiger partial charge in [-0.15, -0.1) is 11.8 Å². The Hall–Kier alpha value is -1.01. The third-order valence-electron chi connectivity index (χ3n) is 1.66. The minimum Gasteiger partial charge on any atom is -0.479 e. The van der Waals surface area contributed by atoms with Crippen LogP contribution in [0.15, 0.2) is 17.3 Å². The number of rotatable bonds is 4. The second-order valence-electron chi connectivity index (χ2n) is 3.22. The van der Waals surface area contributed by atoms with E-state index in [0.717, 1.165) is 4.90 Å². The van der Waals surface area contributed by atoms with Crippen molar-refractivity contribution in [2.24, 2.45) is 7.05 Å². The fourth-order valence-corrected chi connectivity index (χ4v) is 1.68. The summed E-state index contributed by atoms with van der Waals surface area (Å²) in [7, 11) is 1.78. The number of carbonyl (C=O) groups is 1. The molecule has 0 aliphatic rings. The second-order valence-corrected chi connectivity index (χ2v) is 4.27. The van der Waals surface area contributed by atoms with Crippen LogP contribution in [0.2, 0.25) is 0 Å². The topological polar surface area (TPSA) is 75.4 Å². The number of thioether (sulfide) groups is 1. The summed E-state index contributed by atoms with van der Waals surface area (Å²) in [5, 5.41) is 22.0. The van der Waals surface area contributed by atoms with E-state index < -0.39 is 11.6 Å². The molecule has 0 bridgehead atoms. The summed E-state index contributed by atoms with van der Waals surface area (Å²) in [6, 6.07) is 0. The van der Waals surface area contributed by atoms with Crippen molar-refractivity contribution in [2.75, 3.05) is 5.75 Å². The highest BCUT2D eigenvalue weighted by atomic mass is 32.2. The van der Waals surface area contributed by atoms with Gasteiger partial charge in [0.15, 0.2) is 5.60 Å². The zero-order valence-corrected chi connectivity index (χ0v) is 8.78. The van der Waals surface area contributed by atoms with E-state index in [1.54, 1.807) is 24.1 Å². The molecule has 0 saturated heterocycles. The van der Waals surface area contributed by atoms with Crippen LogP contribution in [0, 0.1) is 0 Å². The van der Waals surface area contributed by atoms with Gasteiger partial charge in [-0.3, -0.25) is 4.68 Å². The van der Waals surface area contributed by atoms with Crippen LogP contribution in [0.3, 0.4) is 0 Å². The van der Waals surface area contributed by atoms with Gasteiger partial charge in [0, 0.05) is 23.9 Å². The SMILES string of the molecule is Cn1cc(SCC(C)(O)C(=O)O)cn1. The number of aromatic nitrogens is 2. The molecule has 0 aromatic carbocycles. The summed E-state index contributed by atoms with van der Waals surface area (Å²) in [6.45, 7) is 1.28. The first-order valence-electron chi connectivity index (χ1n) is 3.99. The Kier molecular flexibility index (Phi) is 3.17. The number of nitrogens with zero attached hydrogens (tertiary/aromatic N) is 2. The normalized spacial score (nSPS) is 15.1. The van der Waals surface area contributed by atoms with E-state index in [2.05, 4.69) is 5.10 Å². The minimum atomic E-state index is -1.69. The Balaban J connectivity index is 2.52. The van der Waals surface area contributed by atoms with Crippen molar-refractivity contribution in [1.29, 1.82) is 0 Å². The molecule has 0 radical (unpaired) electrons. The van der Waals surface area contributed by atoms with E-state index in [1.165, 1.54) is 18.7 Å². The van der Waals surface area contributed by atoms with E-state index in [1.807, 2.05) is 0 Å². The van der Waals surface area contributed by atoms with Crippen LogP contribution in [0.1, 0.15) is 6.92 Å². The summed E-state index contributed by atoms with van der Waals surface area (Å²) in [5.74, 6) is -1.11. The first-order chi connectivity index (χ1) is 6.42. The number of aliphatic hydroxyl groups is 1. The van der Waals surface area contributed by atoms with E-state index in [0.29, 0.717) is 0 Å². The standard InChI is InChI=1S/C8H12N2O3S/c1-8(13,7(11)12)5-14-6-3-9-10(2)4-6/h3-4,13H,5H2,1-2H3,(H,11,12). The van der Waals surface area contributed by atoms with Crippen LogP contribution in [0.25, 0.3) is 0 Å². The number of aliphatic carboxylic acids is 1. The molecule has 2 N–H and O–H groups in total. The quantitative estimate of drug-likeness (QED) is 0.710. The van der Waals surface area contributed by atoms with E-state index >= 15 is 0 Å². The van der Waals surface area contributed by atoms with Gasteiger partial charge in [0.1, 0.15) is 0 Å². The van der Waals surface area contributed by atoms with Crippen molar-refractivity contribution in [3.05, 3.63) is 12.4 Å². The molecule has 1 aromatic heterocycles. The maximum Gasteiger partial charge on any atom is 0.336 e. The molecule has 1 heterocycles. The number of carboxylic acids is 1. The maximum atomic E-state index is 10.6. The van der Waals surface area contributed by atoms with Gasteiger partial charge >= 0.3 is 5.97 Å².